The summed E-state index contributed by atoms with van der Waals surface area (Å²) in [5.74, 6) is 0.723. The first-order valence-electron chi connectivity index (χ1n) is 5.03. The van der Waals surface area contributed by atoms with Crippen molar-refractivity contribution < 1.29 is 12.9 Å². The smallest absolute Gasteiger partial charge is 0.250 e. The van der Waals surface area contributed by atoms with Crippen LogP contribution in [0.5, 0.6) is 0 Å². The van der Waals surface area contributed by atoms with Crippen LogP contribution in [-0.2, 0) is 16.4 Å². The van der Waals surface area contributed by atoms with Gasteiger partial charge < -0.3 is 4.52 Å². The highest BCUT2D eigenvalue weighted by atomic mass is 32.2. The summed E-state index contributed by atoms with van der Waals surface area (Å²) in [6.07, 6.45) is 0.516. The van der Waals surface area contributed by atoms with Gasteiger partial charge >= 0.3 is 0 Å². The molecule has 0 saturated carbocycles. The molecule has 17 heavy (non-hydrogen) atoms. The zero-order valence-electron chi connectivity index (χ0n) is 9.21. The van der Waals surface area contributed by atoms with E-state index in [1.807, 2.05) is 0 Å². The second-order valence-corrected chi connectivity index (χ2v) is 6.45. The van der Waals surface area contributed by atoms with Crippen molar-refractivity contribution in [1.29, 1.82) is 0 Å². The molecule has 0 unspecified atom stereocenters. The Morgan fingerprint density at radius 1 is 1.53 bits per heavy atom. The van der Waals surface area contributed by atoms with E-state index in [1.165, 1.54) is 11.3 Å². The Morgan fingerprint density at radius 3 is 2.94 bits per heavy atom. The van der Waals surface area contributed by atoms with Crippen LogP contribution in [0.4, 0.5) is 0 Å². The van der Waals surface area contributed by atoms with E-state index in [-0.39, 0.29) is 0 Å². The molecule has 0 bridgehead atoms. The van der Waals surface area contributed by atoms with Crippen molar-refractivity contribution in [3.05, 3.63) is 35.0 Å². The van der Waals surface area contributed by atoms with Crippen LogP contribution in [0.25, 0.3) is 0 Å². The second kappa shape index (κ2) is 4.99. The Hall–Kier alpha value is -1.18. The first-order chi connectivity index (χ1) is 8.08. The zero-order valence-corrected chi connectivity index (χ0v) is 10.8. The molecule has 0 spiro atoms. The maximum atomic E-state index is 11.7. The van der Waals surface area contributed by atoms with Crippen molar-refractivity contribution >= 4 is 21.4 Å². The predicted octanol–water partition coefficient (Wildman–Crippen LogP) is 1.57. The number of hydrogen-bond acceptors (Lipinski definition) is 5. The summed E-state index contributed by atoms with van der Waals surface area (Å²) in [6.45, 7) is 2.11. The summed E-state index contributed by atoms with van der Waals surface area (Å²) >= 11 is 1.20. The summed E-state index contributed by atoms with van der Waals surface area (Å²) in [7, 11) is -3.37. The standard InChI is InChI=1S/C10H12N2O3S2/c1-8-7-9(12-15-8)4-5-11-17(13,14)10-3-2-6-16-10/h2-3,6-7,11H,4-5H2,1H3. The molecule has 0 radical (unpaired) electrons. The predicted molar refractivity (Wildman–Crippen MR) is 64.5 cm³/mol. The van der Waals surface area contributed by atoms with Gasteiger partial charge in [0.2, 0.25) is 10.0 Å². The van der Waals surface area contributed by atoms with Crippen LogP contribution >= 0.6 is 11.3 Å². The Kier molecular flexibility index (Phi) is 3.60. The van der Waals surface area contributed by atoms with E-state index in [0.717, 1.165) is 11.5 Å². The van der Waals surface area contributed by atoms with Crippen molar-refractivity contribution in [3.63, 3.8) is 0 Å². The summed E-state index contributed by atoms with van der Waals surface area (Å²) in [6, 6.07) is 5.08. The molecule has 2 aromatic rings. The molecule has 92 valence electrons. The van der Waals surface area contributed by atoms with Crippen LogP contribution in [0.3, 0.4) is 0 Å². The normalized spacial score (nSPS) is 11.8. The third-order valence-corrected chi connectivity index (χ3v) is 4.97. The number of sulfonamides is 1. The molecule has 0 atom stereocenters. The van der Waals surface area contributed by atoms with E-state index in [1.54, 1.807) is 30.5 Å². The number of hydrogen-bond donors (Lipinski definition) is 1. The Labute approximate surface area is 103 Å². The van der Waals surface area contributed by atoms with Crippen LogP contribution in [-0.4, -0.2) is 20.1 Å². The van der Waals surface area contributed by atoms with Crippen LogP contribution in [0, 0.1) is 6.92 Å². The average Bonchev–Trinajstić information content (AvgIpc) is 2.89. The average molecular weight is 272 g/mol. The number of thiophene rings is 1. The Morgan fingerprint density at radius 2 is 2.35 bits per heavy atom. The zero-order chi connectivity index (χ0) is 12.3. The quantitative estimate of drug-likeness (QED) is 0.896. The maximum absolute atomic E-state index is 11.7. The van der Waals surface area contributed by atoms with Gasteiger partial charge in [0, 0.05) is 19.0 Å². The number of nitrogens with one attached hydrogen (secondary N) is 1. The van der Waals surface area contributed by atoms with Crippen molar-refractivity contribution in [2.24, 2.45) is 0 Å². The summed E-state index contributed by atoms with van der Waals surface area (Å²) < 4.78 is 31.2. The maximum Gasteiger partial charge on any atom is 0.250 e. The molecule has 0 fully saturated rings. The van der Waals surface area contributed by atoms with Gasteiger partial charge in [0.05, 0.1) is 5.69 Å². The van der Waals surface area contributed by atoms with Crippen molar-refractivity contribution in [2.75, 3.05) is 6.54 Å². The molecule has 5 nitrogen and oxygen atoms in total. The number of aryl methyl sites for hydroxylation is 1. The minimum absolute atomic E-state index is 0.312. The van der Waals surface area contributed by atoms with E-state index in [0.29, 0.717) is 17.2 Å². The summed E-state index contributed by atoms with van der Waals surface area (Å²) in [5, 5.41) is 5.52. The monoisotopic (exact) mass is 272 g/mol. The molecule has 1 N–H and O–H groups in total. The van der Waals surface area contributed by atoms with Gasteiger partial charge in [0.15, 0.2) is 0 Å². The minimum Gasteiger partial charge on any atom is -0.361 e. The molecule has 0 aliphatic carbocycles. The molecule has 2 rings (SSSR count). The fraction of sp³-hybridized carbons (Fsp3) is 0.300. The third kappa shape index (κ3) is 3.15. The Bertz CT molecular complexity index is 572. The lowest BCUT2D eigenvalue weighted by Crippen LogP contribution is -2.25. The largest absolute Gasteiger partial charge is 0.361 e. The molecule has 0 aliphatic heterocycles. The van der Waals surface area contributed by atoms with Crippen molar-refractivity contribution in [3.8, 4) is 0 Å². The molecule has 0 aliphatic rings. The molecular weight excluding hydrogens is 260 g/mol. The van der Waals surface area contributed by atoms with E-state index in [4.69, 9.17) is 4.52 Å². The molecule has 7 heteroatoms. The lowest BCUT2D eigenvalue weighted by Gasteiger charge is -2.02. The van der Waals surface area contributed by atoms with E-state index in [2.05, 4.69) is 9.88 Å². The number of rotatable bonds is 5. The third-order valence-electron chi connectivity index (χ3n) is 2.11. The molecular formula is C10H12N2O3S2. The molecule has 0 saturated heterocycles. The van der Waals surface area contributed by atoms with Crippen LogP contribution in [0.1, 0.15) is 11.5 Å². The van der Waals surface area contributed by atoms with Crippen molar-refractivity contribution in [1.82, 2.24) is 9.88 Å². The van der Waals surface area contributed by atoms with Gasteiger partial charge in [0.25, 0.3) is 0 Å². The van der Waals surface area contributed by atoms with E-state index >= 15 is 0 Å². The van der Waals surface area contributed by atoms with Gasteiger partial charge in [-0.05, 0) is 18.4 Å². The van der Waals surface area contributed by atoms with Gasteiger partial charge in [-0.25, -0.2) is 13.1 Å². The van der Waals surface area contributed by atoms with Crippen LogP contribution in [0.15, 0.2) is 32.3 Å². The minimum atomic E-state index is -3.37. The van der Waals surface area contributed by atoms with Crippen LogP contribution < -0.4 is 4.72 Å². The number of aromatic nitrogens is 1. The highest BCUT2D eigenvalue weighted by Crippen LogP contribution is 2.15. The molecule has 0 amide bonds. The van der Waals surface area contributed by atoms with Gasteiger partial charge in [-0.2, -0.15) is 0 Å². The van der Waals surface area contributed by atoms with E-state index in [9.17, 15) is 8.42 Å². The number of nitrogens with zero attached hydrogens (tertiary/aromatic N) is 1. The first-order valence-corrected chi connectivity index (χ1v) is 7.39. The van der Waals surface area contributed by atoms with Gasteiger partial charge in [-0.15, -0.1) is 11.3 Å². The Balaban J connectivity index is 1.91. The fourth-order valence-electron chi connectivity index (χ4n) is 1.34. The first kappa shape index (κ1) is 12.3. The highest BCUT2D eigenvalue weighted by Gasteiger charge is 2.14. The summed E-state index contributed by atoms with van der Waals surface area (Å²) in [4.78, 5) is 0. The fourth-order valence-corrected chi connectivity index (χ4v) is 3.41. The van der Waals surface area contributed by atoms with Crippen molar-refractivity contribution in [2.45, 2.75) is 17.6 Å². The van der Waals surface area contributed by atoms with Gasteiger partial charge in [-0.3, -0.25) is 0 Å². The van der Waals surface area contributed by atoms with E-state index < -0.39 is 10.0 Å². The van der Waals surface area contributed by atoms with Gasteiger partial charge in [-0.1, -0.05) is 11.2 Å². The summed E-state index contributed by atoms with van der Waals surface area (Å²) in [5.41, 5.74) is 0.747. The molecule has 0 aromatic carbocycles. The van der Waals surface area contributed by atoms with Gasteiger partial charge in [0.1, 0.15) is 9.97 Å². The topological polar surface area (TPSA) is 72.2 Å². The molecule has 2 heterocycles. The lowest BCUT2D eigenvalue weighted by molar-refractivity contribution is 0.390. The highest BCUT2D eigenvalue weighted by molar-refractivity contribution is 7.91. The lowest BCUT2D eigenvalue weighted by atomic mass is 10.3. The van der Waals surface area contributed by atoms with Crippen LogP contribution in [0.2, 0.25) is 0 Å². The molecule has 2 aromatic heterocycles. The SMILES string of the molecule is Cc1cc(CCNS(=O)(=O)c2cccs2)no1. The second-order valence-electron chi connectivity index (χ2n) is 3.51.